The van der Waals surface area contributed by atoms with Crippen LogP contribution in [0.15, 0.2) is 0 Å². The Kier molecular flexibility index (Phi) is 3.69. The van der Waals surface area contributed by atoms with Crippen LogP contribution in [0.25, 0.3) is 0 Å². The lowest BCUT2D eigenvalue weighted by atomic mass is 9.88. The van der Waals surface area contributed by atoms with Gasteiger partial charge >= 0.3 is 0 Å². The van der Waals surface area contributed by atoms with Crippen LogP contribution in [0.3, 0.4) is 0 Å². The smallest absolute Gasteiger partial charge is 0.112 e. The van der Waals surface area contributed by atoms with Crippen LogP contribution in [-0.4, -0.2) is 16.6 Å². The Hall–Kier alpha value is -0.830. The fourth-order valence-electron chi connectivity index (χ4n) is 3.63. The van der Waals surface area contributed by atoms with E-state index in [0.717, 1.165) is 12.5 Å². The third-order valence-electron chi connectivity index (χ3n) is 4.54. The number of hydrogen-bond donors (Lipinski definition) is 1. The van der Waals surface area contributed by atoms with Gasteiger partial charge in [0.2, 0.25) is 0 Å². The van der Waals surface area contributed by atoms with Gasteiger partial charge in [0.1, 0.15) is 5.82 Å². The maximum Gasteiger partial charge on any atom is 0.112 e. The lowest BCUT2D eigenvalue weighted by Gasteiger charge is -2.24. The molecule has 3 heteroatoms. The molecule has 2 heterocycles. The van der Waals surface area contributed by atoms with E-state index in [1.54, 1.807) is 0 Å². The number of aromatic nitrogens is 2. The van der Waals surface area contributed by atoms with E-state index in [2.05, 4.69) is 9.88 Å². The highest BCUT2D eigenvalue weighted by Gasteiger charge is 2.25. The molecule has 3 rings (SSSR count). The minimum Gasteiger partial charge on any atom is -0.331 e. The minimum absolute atomic E-state index is 0.737. The van der Waals surface area contributed by atoms with Crippen molar-refractivity contribution in [2.24, 2.45) is 0 Å². The molecule has 0 aromatic carbocycles. The van der Waals surface area contributed by atoms with Gasteiger partial charge in [0.05, 0.1) is 5.69 Å². The second kappa shape index (κ2) is 5.43. The van der Waals surface area contributed by atoms with Crippen LogP contribution in [0, 0.1) is 0 Å². The number of hydrogen-bond acceptors (Lipinski definition) is 2. The van der Waals surface area contributed by atoms with Gasteiger partial charge < -0.3 is 9.88 Å². The van der Waals surface area contributed by atoms with Crippen LogP contribution in [0.2, 0.25) is 0 Å². The van der Waals surface area contributed by atoms with Crippen molar-refractivity contribution in [1.82, 2.24) is 14.9 Å². The molecule has 1 aromatic heterocycles. The van der Waals surface area contributed by atoms with E-state index in [1.807, 2.05) is 7.05 Å². The number of rotatable bonds is 3. The van der Waals surface area contributed by atoms with Gasteiger partial charge in [-0.05, 0) is 39.2 Å². The molecule has 1 aliphatic carbocycles. The van der Waals surface area contributed by atoms with E-state index in [0.29, 0.717) is 0 Å². The molecule has 100 valence electrons. The SMILES string of the molecule is CNCc1nc(C2CCCCC2)n2c1CCCC2. The van der Waals surface area contributed by atoms with Gasteiger partial charge in [0.25, 0.3) is 0 Å². The van der Waals surface area contributed by atoms with Gasteiger partial charge in [0.15, 0.2) is 0 Å². The zero-order chi connectivity index (χ0) is 12.4. The van der Waals surface area contributed by atoms with Gasteiger partial charge in [-0.2, -0.15) is 0 Å². The van der Waals surface area contributed by atoms with Gasteiger partial charge in [-0.25, -0.2) is 4.98 Å². The first-order valence-electron chi connectivity index (χ1n) is 7.63. The summed E-state index contributed by atoms with van der Waals surface area (Å²) in [6, 6.07) is 0. The van der Waals surface area contributed by atoms with E-state index in [-0.39, 0.29) is 0 Å². The molecule has 0 atom stereocenters. The van der Waals surface area contributed by atoms with E-state index in [9.17, 15) is 0 Å². The molecule has 0 saturated heterocycles. The molecule has 1 N–H and O–H groups in total. The lowest BCUT2D eigenvalue weighted by molar-refractivity contribution is 0.403. The quantitative estimate of drug-likeness (QED) is 0.890. The fourth-order valence-corrected chi connectivity index (χ4v) is 3.63. The molecule has 1 aromatic rings. The van der Waals surface area contributed by atoms with Crippen LogP contribution in [0.1, 0.15) is 68.1 Å². The predicted octanol–water partition coefficient (Wildman–Crippen LogP) is 2.99. The molecule has 1 aliphatic heterocycles. The van der Waals surface area contributed by atoms with Gasteiger partial charge in [-0.1, -0.05) is 19.3 Å². The third-order valence-corrected chi connectivity index (χ3v) is 4.54. The summed E-state index contributed by atoms with van der Waals surface area (Å²) in [5.41, 5.74) is 2.84. The van der Waals surface area contributed by atoms with Crippen molar-refractivity contribution in [3.8, 4) is 0 Å². The second-order valence-electron chi connectivity index (χ2n) is 5.84. The molecule has 0 radical (unpaired) electrons. The summed E-state index contributed by atoms with van der Waals surface area (Å²) < 4.78 is 2.56. The maximum absolute atomic E-state index is 5.01. The van der Waals surface area contributed by atoms with Crippen molar-refractivity contribution in [3.05, 3.63) is 17.2 Å². The first-order chi connectivity index (χ1) is 8.90. The standard InChI is InChI=1S/C15H25N3/c1-16-11-13-14-9-5-6-10-18(14)15(17-13)12-7-3-2-4-8-12/h12,16H,2-11H2,1H3. The van der Waals surface area contributed by atoms with Gasteiger partial charge in [-0.15, -0.1) is 0 Å². The summed E-state index contributed by atoms with van der Waals surface area (Å²) in [6.07, 6.45) is 10.8. The summed E-state index contributed by atoms with van der Waals surface area (Å²) in [5.74, 6) is 2.15. The molecule has 0 unspecified atom stereocenters. The predicted molar refractivity (Wildman–Crippen MR) is 73.8 cm³/mol. The highest BCUT2D eigenvalue weighted by molar-refractivity contribution is 5.21. The molecule has 1 fully saturated rings. The normalized spacial score (nSPS) is 20.9. The van der Waals surface area contributed by atoms with Crippen LogP contribution in [-0.2, 0) is 19.5 Å². The monoisotopic (exact) mass is 247 g/mol. The summed E-state index contributed by atoms with van der Waals surface area (Å²) in [6.45, 7) is 2.14. The highest BCUT2D eigenvalue weighted by Crippen LogP contribution is 2.34. The van der Waals surface area contributed by atoms with Crippen molar-refractivity contribution in [2.45, 2.75) is 70.4 Å². The molecule has 1 saturated carbocycles. The van der Waals surface area contributed by atoms with E-state index < -0.39 is 0 Å². The Morgan fingerprint density at radius 1 is 1.17 bits per heavy atom. The molecule has 0 amide bonds. The first-order valence-corrected chi connectivity index (χ1v) is 7.63. The number of nitrogens with zero attached hydrogens (tertiary/aromatic N) is 2. The molecular formula is C15H25N3. The minimum atomic E-state index is 0.737. The maximum atomic E-state index is 5.01. The summed E-state index contributed by atoms with van der Waals surface area (Å²) in [5, 5.41) is 3.27. The van der Waals surface area contributed by atoms with Gasteiger partial charge in [-0.3, -0.25) is 0 Å². The first kappa shape index (κ1) is 12.2. The average molecular weight is 247 g/mol. The zero-order valence-electron chi connectivity index (χ0n) is 11.5. The lowest BCUT2D eigenvalue weighted by Crippen LogP contribution is -2.17. The Morgan fingerprint density at radius 2 is 2.00 bits per heavy atom. The van der Waals surface area contributed by atoms with Crippen molar-refractivity contribution < 1.29 is 0 Å². The van der Waals surface area contributed by atoms with Crippen molar-refractivity contribution in [3.63, 3.8) is 0 Å². The summed E-state index contributed by atoms with van der Waals surface area (Å²) in [4.78, 5) is 5.01. The summed E-state index contributed by atoms with van der Waals surface area (Å²) >= 11 is 0. The van der Waals surface area contributed by atoms with E-state index in [1.165, 1.54) is 75.1 Å². The zero-order valence-corrected chi connectivity index (χ0v) is 11.5. The second-order valence-corrected chi connectivity index (χ2v) is 5.84. The van der Waals surface area contributed by atoms with Crippen molar-refractivity contribution in [1.29, 1.82) is 0 Å². The Bertz CT molecular complexity index is 402. The largest absolute Gasteiger partial charge is 0.331 e. The number of imidazole rings is 1. The van der Waals surface area contributed by atoms with E-state index in [4.69, 9.17) is 4.98 Å². The Morgan fingerprint density at radius 3 is 2.78 bits per heavy atom. The van der Waals surface area contributed by atoms with Crippen LogP contribution in [0.4, 0.5) is 0 Å². The summed E-state index contributed by atoms with van der Waals surface area (Å²) in [7, 11) is 2.02. The topological polar surface area (TPSA) is 29.9 Å². The molecule has 0 spiro atoms. The Labute approximate surface area is 110 Å². The van der Waals surface area contributed by atoms with E-state index >= 15 is 0 Å². The van der Waals surface area contributed by atoms with Crippen molar-refractivity contribution >= 4 is 0 Å². The van der Waals surface area contributed by atoms with Crippen molar-refractivity contribution in [2.75, 3.05) is 7.05 Å². The van der Waals surface area contributed by atoms with Crippen LogP contribution < -0.4 is 5.32 Å². The molecule has 2 aliphatic rings. The van der Waals surface area contributed by atoms with Crippen LogP contribution in [0.5, 0.6) is 0 Å². The van der Waals surface area contributed by atoms with Gasteiger partial charge in [0, 0.05) is 24.7 Å². The molecule has 3 nitrogen and oxygen atoms in total. The van der Waals surface area contributed by atoms with Crippen LogP contribution >= 0.6 is 0 Å². The average Bonchev–Trinajstić information content (AvgIpc) is 2.80. The third kappa shape index (κ3) is 2.20. The molecule has 18 heavy (non-hydrogen) atoms. The highest BCUT2D eigenvalue weighted by atomic mass is 15.1. The number of fused-ring (bicyclic) bond motifs is 1. The fraction of sp³-hybridized carbons (Fsp3) is 0.800. The molecule has 0 bridgehead atoms. The Balaban J connectivity index is 1.92. The number of nitrogens with one attached hydrogen (secondary N) is 1. The molecular weight excluding hydrogens is 222 g/mol.